The fourth-order valence-electron chi connectivity index (χ4n) is 2.13. The number of rotatable bonds is 8. The van der Waals surface area contributed by atoms with Crippen molar-refractivity contribution in [3.63, 3.8) is 0 Å². The maximum absolute atomic E-state index is 11.8. The molecule has 1 heterocycles. The first-order chi connectivity index (χ1) is 12.7. The van der Waals surface area contributed by atoms with Crippen molar-refractivity contribution >= 4 is 23.4 Å². The Hall–Kier alpha value is -2.44. The maximum Gasteiger partial charge on any atom is 0.251 e. The minimum absolute atomic E-state index is 0.201. The van der Waals surface area contributed by atoms with Crippen molar-refractivity contribution in [1.29, 1.82) is 0 Å². The number of ether oxygens (including phenoxy) is 2. The lowest BCUT2D eigenvalue weighted by Crippen LogP contribution is -2.12. The summed E-state index contributed by atoms with van der Waals surface area (Å²) in [7, 11) is 0. The third-order valence-electron chi connectivity index (χ3n) is 3.31. The van der Waals surface area contributed by atoms with Crippen LogP contribution in [0.15, 0.2) is 70.6 Å². The van der Waals surface area contributed by atoms with E-state index in [0.29, 0.717) is 28.2 Å². The number of aromatic nitrogens is 2. The van der Waals surface area contributed by atoms with Crippen molar-refractivity contribution in [2.45, 2.75) is 11.8 Å². The van der Waals surface area contributed by atoms with Crippen LogP contribution in [0.5, 0.6) is 11.5 Å². The van der Waals surface area contributed by atoms with E-state index in [1.807, 2.05) is 42.5 Å². The van der Waals surface area contributed by atoms with Crippen LogP contribution in [-0.2, 0) is 6.61 Å². The maximum atomic E-state index is 11.8. The molecule has 7 heteroatoms. The molecule has 0 aliphatic rings. The molecule has 0 spiro atoms. The highest BCUT2D eigenvalue weighted by Gasteiger charge is 2.04. The van der Waals surface area contributed by atoms with Crippen molar-refractivity contribution < 1.29 is 9.47 Å². The van der Waals surface area contributed by atoms with E-state index in [1.165, 1.54) is 17.8 Å². The molecule has 3 aromatic rings. The molecule has 134 valence electrons. The number of para-hydroxylation sites is 1. The second-order valence-electron chi connectivity index (χ2n) is 5.29. The highest BCUT2D eigenvalue weighted by Crippen LogP contribution is 2.17. The molecule has 1 aromatic heterocycles. The zero-order chi connectivity index (χ0) is 18.2. The Morgan fingerprint density at radius 3 is 2.50 bits per heavy atom. The van der Waals surface area contributed by atoms with E-state index in [2.05, 4.69) is 9.97 Å². The number of nitrogens with zero attached hydrogens (tertiary/aromatic N) is 1. The van der Waals surface area contributed by atoms with Crippen molar-refractivity contribution in [2.75, 3.05) is 12.4 Å². The number of hydrogen-bond acceptors (Lipinski definition) is 5. The molecule has 0 radical (unpaired) electrons. The van der Waals surface area contributed by atoms with Crippen LogP contribution in [0.4, 0.5) is 0 Å². The summed E-state index contributed by atoms with van der Waals surface area (Å²) in [6, 6.07) is 18.0. The normalized spacial score (nSPS) is 10.5. The van der Waals surface area contributed by atoms with Crippen LogP contribution in [-0.4, -0.2) is 22.3 Å². The molecule has 0 aliphatic heterocycles. The highest BCUT2D eigenvalue weighted by atomic mass is 35.5. The summed E-state index contributed by atoms with van der Waals surface area (Å²) in [5.74, 6) is 2.13. The minimum atomic E-state index is -0.201. The number of nitrogens with one attached hydrogen (secondary N) is 1. The van der Waals surface area contributed by atoms with E-state index in [-0.39, 0.29) is 12.2 Å². The third-order valence-corrected chi connectivity index (χ3v) is 4.40. The second kappa shape index (κ2) is 9.31. The predicted molar refractivity (Wildman–Crippen MR) is 103 cm³/mol. The summed E-state index contributed by atoms with van der Waals surface area (Å²) >= 11 is 7.26. The molecular weight excluding hydrogens is 372 g/mol. The Balaban J connectivity index is 1.50. The molecule has 0 fully saturated rings. The summed E-state index contributed by atoms with van der Waals surface area (Å²) < 4.78 is 11.3. The van der Waals surface area contributed by atoms with Gasteiger partial charge in [0.25, 0.3) is 5.56 Å². The van der Waals surface area contributed by atoms with Gasteiger partial charge in [0.2, 0.25) is 0 Å². The molecule has 0 bridgehead atoms. The van der Waals surface area contributed by atoms with Crippen LogP contribution in [0.2, 0.25) is 5.02 Å². The first-order valence-corrected chi connectivity index (χ1v) is 9.35. The van der Waals surface area contributed by atoms with Gasteiger partial charge < -0.3 is 14.5 Å². The van der Waals surface area contributed by atoms with Gasteiger partial charge in [0.15, 0.2) is 5.16 Å². The van der Waals surface area contributed by atoms with Crippen LogP contribution in [0.25, 0.3) is 0 Å². The Morgan fingerprint density at radius 2 is 1.73 bits per heavy atom. The van der Waals surface area contributed by atoms with Gasteiger partial charge in [0.05, 0.1) is 12.3 Å². The molecule has 26 heavy (non-hydrogen) atoms. The molecule has 1 N–H and O–H groups in total. The predicted octanol–water partition coefficient (Wildman–Crippen LogP) is 4.17. The summed E-state index contributed by atoms with van der Waals surface area (Å²) in [4.78, 5) is 18.9. The quantitative estimate of drug-likeness (QED) is 0.356. The molecule has 0 saturated carbocycles. The zero-order valence-corrected chi connectivity index (χ0v) is 15.4. The largest absolute Gasteiger partial charge is 0.493 e. The summed E-state index contributed by atoms with van der Waals surface area (Å²) in [5.41, 5.74) is 0.381. The monoisotopic (exact) mass is 388 g/mol. The molecule has 5 nitrogen and oxygen atoms in total. The van der Waals surface area contributed by atoms with Crippen molar-refractivity contribution in [2.24, 2.45) is 0 Å². The lowest BCUT2D eigenvalue weighted by atomic mass is 10.3. The van der Waals surface area contributed by atoms with Crippen LogP contribution >= 0.6 is 23.4 Å². The first kappa shape index (κ1) is 18.4. The smallest absolute Gasteiger partial charge is 0.251 e. The number of aromatic amines is 1. The molecular formula is C19H17ClN2O3S. The molecule has 3 rings (SSSR count). The highest BCUT2D eigenvalue weighted by molar-refractivity contribution is 7.99. The van der Waals surface area contributed by atoms with E-state index in [9.17, 15) is 4.79 Å². The summed E-state index contributed by atoms with van der Waals surface area (Å²) in [6.07, 6.45) is 0. The average molecular weight is 389 g/mol. The van der Waals surface area contributed by atoms with Crippen LogP contribution in [0.1, 0.15) is 5.69 Å². The summed E-state index contributed by atoms with van der Waals surface area (Å²) in [6.45, 7) is 0.726. The molecule has 2 aromatic carbocycles. The first-order valence-electron chi connectivity index (χ1n) is 7.98. The van der Waals surface area contributed by atoms with Crippen LogP contribution < -0.4 is 15.0 Å². The standard InChI is InChI=1S/C19H17ClN2O3S/c20-14-6-8-17(9-7-14)24-10-11-26-19-21-15(12-18(23)22-19)13-25-16-4-2-1-3-5-16/h1-9,12H,10-11,13H2,(H,21,22,23). The van der Waals surface area contributed by atoms with Gasteiger partial charge in [-0.1, -0.05) is 41.6 Å². The van der Waals surface area contributed by atoms with Crippen LogP contribution in [0.3, 0.4) is 0 Å². The Labute approximate surface area is 160 Å². The van der Waals surface area contributed by atoms with E-state index < -0.39 is 0 Å². The topological polar surface area (TPSA) is 64.2 Å². The minimum Gasteiger partial charge on any atom is -0.493 e. The van der Waals surface area contributed by atoms with Gasteiger partial charge >= 0.3 is 0 Å². The molecule has 0 saturated heterocycles. The van der Waals surface area contributed by atoms with Gasteiger partial charge in [-0.3, -0.25) is 4.79 Å². The molecule has 0 aliphatic carbocycles. The van der Waals surface area contributed by atoms with Gasteiger partial charge in [-0.25, -0.2) is 4.98 Å². The second-order valence-corrected chi connectivity index (χ2v) is 6.81. The van der Waals surface area contributed by atoms with Crippen LogP contribution in [0, 0.1) is 0 Å². The van der Waals surface area contributed by atoms with Gasteiger partial charge in [-0.05, 0) is 36.4 Å². The van der Waals surface area contributed by atoms with Gasteiger partial charge in [-0.2, -0.15) is 0 Å². The van der Waals surface area contributed by atoms with E-state index in [0.717, 1.165) is 11.5 Å². The molecule has 0 atom stereocenters. The Kier molecular flexibility index (Phi) is 6.57. The number of hydrogen-bond donors (Lipinski definition) is 1. The van der Waals surface area contributed by atoms with Gasteiger partial charge in [-0.15, -0.1) is 0 Å². The van der Waals surface area contributed by atoms with E-state index >= 15 is 0 Å². The average Bonchev–Trinajstić information content (AvgIpc) is 2.65. The SMILES string of the molecule is O=c1cc(COc2ccccc2)nc(SCCOc2ccc(Cl)cc2)[nH]1. The fourth-order valence-corrected chi connectivity index (χ4v) is 2.97. The number of benzene rings is 2. The lowest BCUT2D eigenvalue weighted by molar-refractivity contribution is 0.299. The summed E-state index contributed by atoms with van der Waals surface area (Å²) in [5, 5.41) is 1.21. The third kappa shape index (κ3) is 5.82. The Morgan fingerprint density at radius 1 is 1.00 bits per heavy atom. The number of halogens is 1. The van der Waals surface area contributed by atoms with Crippen molar-refractivity contribution in [3.05, 3.63) is 81.7 Å². The van der Waals surface area contributed by atoms with Crippen molar-refractivity contribution in [1.82, 2.24) is 9.97 Å². The number of H-pyrrole nitrogens is 1. The Bertz CT molecular complexity index is 885. The lowest BCUT2D eigenvalue weighted by Gasteiger charge is -2.08. The number of thioether (sulfide) groups is 1. The zero-order valence-electron chi connectivity index (χ0n) is 13.9. The van der Waals surface area contributed by atoms with E-state index in [1.54, 1.807) is 12.1 Å². The van der Waals surface area contributed by atoms with Gasteiger partial charge in [0, 0.05) is 16.8 Å². The van der Waals surface area contributed by atoms with E-state index in [4.69, 9.17) is 21.1 Å². The van der Waals surface area contributed by atoms with Gasteiger partial charge in [0.1, 0.15) is 18.1 Å². The van der Waals surface area contributed by atoms with Crippen molar-refractivity contribution in [3.8, 4) is 11.5 Å². The fraction of sp³-hybridized carbons (Fsp3) is 0.158. The molecule has 0 unspecified atom stereocenters. The molecule has 0 amide bonds.